The van der Waals surface area contributed by atoms with Crippen molar-refractivity contribution in [1.29, 1.82) is 0 Å². The Labute approximate surface area is 69.8 Å². The predicted molar refractivity (Wildman–Crippen MR) is 44.8 cm³/mol. The third-order valence-electron chi connectivity index (χ3n) is 1.67. The predicted octanol–water partition coefficient (Wildman–Crippen LogP) is 0.400. The number of nitrogen functional groups attached to an aromatic ring is 1. The van der Waals surface area contributed by atoms with Crippen LogP contribution in [0.3, 0.4) is 0 Å². The number of aliphatic hydroxyl groups excluding tert-OH is 1. The van der Waals surface area contributed by atoms with E-state index in [9.17, 15) is 9.50 Å². The van der Waals surface area contributed by atoms with E-state index in [0.29, 0.717) is 5.56 Å². The van der Waals surface area contributed by atoms with Gasteiger partial charge in [0.05, 0.1) is 11.8 Å². The van der Waals surface area contributed by atoms with Gasteiger partial charge in [-0.3, -0.25) is 0 Å². The van der Waals surface area contributed by atoms with E-state index in [4.69, 9.17) is 11.5 Å². The molecule has 0 saturated carbocycles. The molecule has 0 fully saturated rings. The molecule has 12 heavy (non-hydrogen) atoms. The lowest BCUT2D eigenvalue weighted by molar-refractivity contribution is 0.187. The van der Waals surface area contributed by atoms with Crippen molar-refractivity contribution in [3.8, 4) is 0 Å². The number of nitrogens with two attached hydrogens (primary N) is 2. The van der Waals surface area contributed by atoms with Crippen LogP contribution in [0.5, 0.6) is 0 Å². The number of hydrogen-bond donors (Lipinski definition) is 3. The van der Waals surface area contributed by atoms with Gasteiger partial charge in [0.1, 0.15) is 5.82 Å². The van der Waals surface area contributed by atoms with E-state index in [2.05, 4.69) is 0 Å². The number of benzene rings is 1. The van der Waals surface area contributed by atoms with Gasteiger partial charge in [0.2, 0.25) is 0 Å². The molecule has 1 unspecified atom stereocenters. The van der Waals surface area contributed by atoms with Crippen LogP contribution in [0.15, 0.2) is 18.2 Å². The average Bonchev–Trinajstić information content (AvgIpc) is 2.08. The molecule has 0 amide bonds. The quantitative estimate of drug-likeness (QED) is 0.562. The molecule has 1 atom stereocenters. The highest BCUT2D eigenvalue weighted by molar-refractivity contribution is 5.49. The van der Waals surface area contributed by atoms with Gasteiger partial charge < -0.3 is 16.6 Å². The number of rotatable bonds is 2. The molecule has 5 N–H and O–H groups in total. The molecule has 66 valence electrons. The number of para-hydroxylation sites is 1. The van der Waals surface area contributed by atoms with Crippen LogP contribution < -0.4 is 11.5 Å². The molecule has 0 aliphatic rings. The summed E-state index contributed by atoms with van der Waals surface area (Å²) < 4.78 is 12.8. The highest BCUT2D eigenvalue weighted by Gasteiger charge is 2.10. The first-order chi connectivity index (χ1) is 5.66. The minimum absolute atomic E-state index is 0.0320. The molecule has 1 aromatic rings. The Morgan fingerprint density at radius 1 is 1.50 bits per heavy atom. The van der Waals surface area contributed by atoms with Gasteiger partial charge in [0, 0.05) is 12.1 Å². The van der Waals surface area contributed by atoms with E-state index in [-0.39, 0.29) is 12.2 Å². The van der Waals surface area contributed by atoms with Crippen molar-refractivity contribution in [2.45, 2.75) is 6.10 Å². The van der Waals surface area contributed by atoms with E-state index in [1.54, 1.807) is 6.07 Å². The Morgan fingerprint density at radius 2 is 2.17 bits per heavy atom. The van der Waals surface area contributed by atoms with Crippen LogP contribution in [0.4, 0.5) is 10.1 Å². The van der Waals surface area contributed by atoms with E-state index in [1.165, 1.54) is 12.1 Å². The van der Waals surface area contributed by atoms with Crippen LogP contribution in [0.25, 0.3) is 0 Å². The van der Waals surface area contributed by atoms with Crippen molar-refractivity contribution in [1.82, 2.24) is 0 Å². The Hall–Kier alpha value is -1.13. The van der Waals surface area contributed by atoms with Gasteiger partial charge in [0.15, 0.2) is 0 Å². The molecule has 0 bridgehead atoms. The van der Waals surface area contributed by atoms with Crippen molar-refractivity contribution in [2.24, 2.45) is 5.73 Å². The summed E-state index contributed by atoms with van der Waals surface area (Å²) in [6.45, 7) is 0.0354. The topological polar surface area (TPSA) is 72.3 Å². The number of hydrogen-bond acceptors (Lipinski definition) is 3. The van der Waals surface area contributed by atoms with Gasteiger partial charge >= 0.3 is 0 Å². The van der Waals surface area contributed by atoms with Gasteiger partial charge in [-0.25, -0.2) is 4.39 Å². The minimum Gasteiger partial charge on any atom is -0.396 e. The molecular formula is C8H11FN2O. The van der Waals surface area contributed by atoms with Gasteiger partial charge in [-0.1, -0.05) is 12.1 Å². The van der Waals surface area contributed by atoms with Crippen LogP contribution in [-0.4, -0.2) is 11.7 Å². The minimum atomic E-state index is -0.888. The summed E-state index contributed by atoms with van der Waals surface area (Å²) >= 11 is 0. The number of aliphatic hydroxyl groups is 1. The summed E-state index contributed by atoms with van der Waals surface area (Å²) in [4.78, 5) is 0. The maximum atomic E-state index is 12.8. The lowest BCUT2D eigenvalue weighted by Gasteiger charge is -2.10. The summed E-state index contributed by atoms with van der Waals surface area (Å²) in [7, 11) is 0. The lowest BCUT2D eigenvalue weighted by Crippen LogP contribution is -2.13. The maximum absolute atomic E-state index is 12.8. The molecule has 3 nitrogen and oxygen atoms in total. The normalized spacial score (nSPS) is 12.9. The van der Waals surface area contributed by atoms with Crippen LogP contribution in [0.1, 0.15) is 11.7 Å². The average molecular weight is 170 g/mol. The summed E-state index contributed by atoms with van der Waals surface area (Å²) in [5.74, 6) is -0.528. The summed E-state index contributed by atoms with van der Waals surface area (Å²) in [5, 5.41) is 9.26. The summed E-state index contributed by atoms with van der Waals surface area (Å²) in [6, 6.07) is 4.28. The monoisotopic (exact) mass is 170 g/mol. The third kappa shape index (κ3) is 1.54. The van der Waals surface area contributed by atoms with Crippen LogP contribution >= 0.6 is 0 Å². The largest absolute Gasteiger partial charge is 0.396 e. The highest BCUT2D eigenvalue weighted by Crippen LogP contribution is 2.21. The molecule has 4 heteroatoms. The van der Waals surface area contributed by atoms with Gasteiger partial charge in [-0.15, -0.1) is 0 Å². The fourth-order valence-electron chi connectivity index (χ4n) is 0.971. The van der Waals surface area contributed by atoms with Crippen LogP contribution in [-0.2, 0) is 0 Å². The first-order valence-electron chi connectivity index (χ1n) is 3.59. The van der Waals surface area contributed by atoms with Crippen molar-refractivity contribution in [3.63, 3.8) is 0 Å². The Balaban J connectivity index is 3.07. The molecular weight excluding hydrogens is 159 g/mol. The second kappa shape index (κ2) is 3.51. The van der Waals surface area contributed by atoms with Gasteiger partial charge in [-0.2, -0.15) is 0 Å². The van der Waals surface area contributed by atoms with Gasteiger partial charge in [0.25, 0.3) is 0 Å². The smallest absolute Gasteiger partial charge is 0.146 e. The fourth-order valence-corrected chi connectivity index (χ4v) is 0.971. The zero-order valence-corrected chi connectivity index (χ0v) is 6.50. The fraction of sp³-hybridized carbons (Fsp3) is 0.250. The third-order valence-corrected chi connectivity index (χ3v) is 1.67. The standard InChI is InChI=1S/C8H11FN2O/c9-6-3-1-2-5(8(6)11)7(12)4-10/h1-3,7,12H,4,10-11H2. The molecule has 1 aromatic carbocycles. The maximum Gasteiger partial charge on any atom is 0.146 e. The Kier molecular flexibility index (Phi) is 2.62. The molecule has 0 aromatic heterocycles. The van der Waals surface area contributed by atoms with Crippen molar-refractivity contribution >= 4 is 5.69 Å². The number of halogens is 1. The van der Waals surface area contributed by atoms with E-state index in [1.807, 2.05) is 0 Å². The first-order valence-corrected chi connectivity index (χ1v) is 3.59. The molecule has 0 spiro atoms. The lowest BCUT2D eigenvalue weighted by atomic mass is 10.1. The zero-order valence-electron chi connectivity index (χ0n) is 6.50. The second-order valence-electron chi connectivity index (χ2n) is 2.49. The Morgan fingerprint density at radius 3 is 2.75 bits per heavy atom. The second-order valence-corrected chi connectivity index (χ2v) is 2.49. The SMILES string of the molecule is NCC(O)c1cccc(F)c1N. The van der Waals surface area contributed by atoms with Crippen LogP contribution in [0.2, 0.25) is 0 Å². The molecule has 0 aliphatic carbocycles. The van der Waals surface area contributed by atoms with E-state index in [0.717, 1.165) is 0 Å². The summed E-state index contributed by atoms with van der Waals surface area (Å²) in [6.07, 6.45) is -0.888. The van der Waals surface area contributed by atoms with Crippen LogP contribution in [0, 0.1) is 5.82 Å². The first kappa shape index (κ1) is 8.96. The van der Waals surface area contributed by atoms with Gasteiger partial charge in [-0.05, 0) is 6.07 Å². The molecule has 0 heterocycles. The molecule has 1 rings (SSSR count). The molecule has 0 radical (unpaired) electrons. The van der Waals surface area contributed by atoms with E-state index >= 15 is 0 Å². The van der Waals surface area contributed by atoms with Crippen molar-refractivity contribution < 1.29 is 9.50 Å². The highest BCUT2D eigenvalue weighted by atomic mass is 19.1. The molecule has 0 aliphatic heterocycles. The Bertz CT molecular complexity index is 278. The van der Waals surface area contributed by atoms with E-state index < -0.39 is 11.9 Å². The van der Waals surface area contributed by atoms with Crippen molar-refractivity contribution in [3.05, 3.63) is 29.6 Å². The zero-order chi connectivity index (χ0) is 9.14. The van der Waals surface area contributed by atoms with Crippen molar-refractivity contribution in [2.75, 3.05) is 12.3 Å². The number of anilines is 1. The summed E-state index contributed by atoms with van der Waals surface area (Å²) in [5.41, 5.74) is 10.9. The molecule has 0 saturated heterocycles.